The molecule has 0 radical (unpaired) electrons. The van der Waals surface area contributed by atoms with Crippen LogP contribution in [0.25, 0.3) is 0 Å². The van der Waals surface area contributed by atoms with Crippen molar-refractivity contribution in [3.63, 3.8) is 0 Å². The van der Waals surface area contributed by atoms with Crippen LogP contribution in [0.15, 0.2) is 48.5 Å². The Morgan fingerprint density at radius 1 is 1.09 bits per heavy atom. The van der Waals surface area contributed by atoms with Crippen molar-refractivity contribution < 1.29 is 9.53 Å². The fourth-order valence-corrected chi connectivity index (χ4v) is 2.19. The molecule has 122 valence electrons. The fourth-order valence-electron chi connectivity index (χ4n) is 2.19. The number of amides is 1. The van der Waals surface area contributed by atoms with E-state index in [4.69, 9.17) is 4.74 Å². The normalized spacial score (nSPS) is 12.0. The smallest absolute Gasteiger partial charge is 0.255 e. The molecule has 0 aliphatic rings. The Morgan fingerprint density at radius 3 is 2.39 bits per heavy atom. The highest BCUT2D eigenvalue weighted by atomic mass is 16.5. The van der Waals surface area contributed by atoms with Crippen LogP contribution >= 0.6 is 0 Å². The highest BCUT2D eigenvalue weighted by molar-refractivity contribution is 6.04. The maximum Gasteiger partial charge on any atom is 0.255 e. The number of carbonyl (C=O) groups is 1. The number of hydrogen-bond donors (Lipinski definition) is 1. The standard InChI is InChI=1S/C20H25NO2/c1-5-15(4)23-19-8-6-7-18(13-19)21-20(22)17-11-9-16(10-12-17)14(2)3/h6-15H,5H2,1-4H3,(H,21,22). The van der Waals surface area contributed by atoms with Crippen molar-refractivity contribution in [2.24, 2.45) is 0 Å². The van der Waals surface area contributed by atoms with E-state index in [9.17, 15) is 4.79 Å². The largest absolute Gasteiger partial charge is 0.491 e. The van der Waals surface area contributed by atoms with Gasteiger partial charge in [-0.2, -0.15) is 0 Å². The Hall–Kier alpha value is -2.29. The van der Waals surface area contributed by atoms with Crippen molar-refractivity contribution in [1.82, 2.24) is 0 Å². The molecule has 1 unspecified atom stereocenters. The Morgan fingerprint density at radius 2 is 1.78 bits per heavy atom. The molecule has 0 heterocycles. The lowest BCUT2D eigenvalue weighted by Crippen LogP contribution is -2.13. The van der Waals surface area contributed by atoms with E-state index in [1.807, 2.05) is 55.5 Å². The van der Waals surface area contributed by atoms with Crippen molar-refractivity contribution in [3.8, 4) is 5.75 Å². The zero-order valence-corrected chi connectivity index (χ0v) is 14.3. The summed E-state index contributed by atoms with van der Waals surface area (Å²) in [5.41, 5.74) is 2.62. The Labute approximate surface area is 138 Å². The number of rotatable bonds is 6. The molecular weight excluding hydrogens is 286 g/mol. The molecule has 0 aromatic heterocycles. The van der Waals surface area contributed by atoms with E-state index < -0.39 is 0 Å². The van der Waals surface area contributed by atoms with E-state index in [1.54, 1.807) is 0 Å². The summed E-state index contributed by atoms with van der Waals surface area (Å²) in [6, 6.07) is 15.2. The van der Waals surface area contributed by atoms with E-state index in [-0.39, 0.29) is 12.0 Å². The summed E-state index contributed by atoms with van der Waals surface area (Å²) in [5, 5.41) is 2.92. The van der Waals surface area contributed by atoms with Crippen molar-refractivity contribution in [2.45, 2.75) is 46.1 Å². The molecule has 2 aromatic carbocycles. The molecule has 2 rings (SSSR count). The number of ether oxygens (including phenoxy) is 1. The second-order valence-corrected chi connectivity index (χ2v) is 6.10. The minimum absolute atomic E-state index is 0.110. The number of hydrogen-bond acceptors (Lipinski definition) is 2. The number of anilines is 1. The zero-order valence-electron chi connectivity index (χ0n) is 14.3. The predicted octanol–water partition coefficient (Wildman–Crippen LogP) is 5.24. The van der Waals surface area contributed by atoms with Gasteiger partial charge in [-0.05, 0) is 49.1 Å². The lowest BCUT2D eigenvalue weighted by molar-refractivity contribution is 0.102. The third-order valence-corrected chi connectivity index (χ3v) is 3.84. The first-order valence-corrected chi connectivity index (χ1v) is 8.17. The molecule has 0 aliphatic heterocycles. The lowest BCUT2D eigenvalue weighted by atomic mass is 10.0. The van der Waals surface area contributed by atoms with Crippen LogP contribution in [0.3, 0.4) is 0 Å². The first-order chi connectivity index (χ1) is 11.0. The van der Waals surface area contributed by atoms with Gasteiger partial charge in [0.15, 0.2) is 0 Å². The minimum atomic E-state index is -0.110. The first-order valence-electron chi connectivity index (χ1n) is 8.17. The zero-order chi connectivity index (χ0) is 16.8. The molecule has 1 N–H and O–H groups in total. The molecule has 3 nitrogen and oxygen atoms in total. The van der Waals surface area contributed by atoms with Crippen molar-refractivity contribution in [1.29, 1.82) is 0 Å². The minimum Gasteiger partial charge on any atom is -0.491 e. The topological polar surface area (TPSA) is 38.3 Å². The highest BCUT2D eigenvalue weighted by Crippen LogP contribution is 2.20. The Bertz CT molecular complexity index is 647. The molecule has 1 amide bonds. The van der Waals surface area contributed by atoms with Crippen molar-refractivity contribution in [3.05, 3.63) is 59.7 Å². The fraction of sp³-hybridized carbons (Fsp3) is 0.350. The van der Waals surface area contributed by atoms with Crippen LogP contribution < -0.4 is 10.1 Å². The quantitative estimate of drug-likeness (QED) is 0.792. The molecule has 0 bridgehead atoms. The molecule has 0 saturated carbocycles. The Kier molecular flexibility index (Phi) is 5.80. The molecule has 1 atom stereocenters. The number of carbonyl (C=O) groups excluding carboxylic acids is 1. The van der Waals surface area contributed by atoms with E-state index in [0.29, 0.717) is 11.5 Å². The molecule has 23 heavy (non-hydrogen) atoms. The molecule has 0 spiro atoms. The average molecular weight is 311 g/mol. The summed E-state index contributed by atoms with van der Waals surface area (Å²) in [4.78, 5) is 12.3. The van der Waals surface area contributed by atoms with Gasteiger partial charge in [-0.25, -0.2) is 0 Å². The molecule has 0 saturated heterocycles. The van der Waals surface area contributed by atoms with Crippen LogP contribution in [0.5, 0.6) is 5.75 Å². The molecule has 2 aromatic rings. The maximum absolute atomic E-state index is 12.3. The van der Waals surface area contributed by atoms with Gasteiger partial charge in [0.05, 0.1) is 6.10 Å². The van der Waals surface area contributed by atoms with Crippen LogP contribution in [0, 0.1) is 0 Å². The SMILES string of the molecule is CCC(C)Oc1cccc(NC(=O)c2ccc(C(C)C)cc2)c1. The van der Waals surface area contributed by atoms with Gasteiger partial charge in [-0.1, -0.05) is 39.0 Å². The average Bonchev–Trinajstić information content (AvgIpc) is 2.55. The van der Waals surface area contributed by atoms with Gasteiger partial charge in [0.2, 0.25) is 0 Å². The van der Waals surface area contributed by atoms with Crippen LogP contribution in [-0.2, 0) is 0 Å². The second-order valence-electron chi connectivity index (χ2n) is 6.10. The van der Waals surface area contributed by atoms with Gasteiger partial charge in [-0.3, -0.25) is 4.79 Å². The van der Waals surface area contributed by atoms with Crippen molar-refractivity contribution >= 4 is 11.6 Å². The summed E-state index contributed by atoms with van der Waals surface area (Å²) in [6.07, 6.45) is 1.10. The van der Waals surface area contributed by atoms with Crippen LogP contribution in [0.1, 0.15) is 56.0 Å². The lowest BCUT2D eigenvalue weighted by Gasteiger charge is -2.14. The van der Waals surface area contributed by atoms with E-state index in [2.05, 4.69) is 26.1 Å². The van der Waals surface area contributed by atoms with Gasteiger partial charge in [0, 0.05) is 17.3 Å². The molecule has 3 heteroatoms. The van der Waals surface area contributed by atoms with Gasteiger partial charge in [0.1, 0.15) is 5.75 Å². The van der Waals surface area contributed by atoms with Gasteiger partial charge >= 0.3 is 0 Å². The molecule has 0 aliphatic carbocycles. The summed E-state index contributed by atoms with van der Waals surface area (Å²) in [7, 11) is 0. The first kappa shape index (κ1) is 17.1. The van der Waals surface area contributed by atoms with E-state index in [1.165, 1.54) is 5.56 Å². The monoisotopic (exact) mass is 311 g/mol. The summed E-state index contributed by atoms with van der Waals surface area (Å²) in [5.74, 6) is 1.12. The van der Waals surface area contributed by atoms with Gasteiger partial charge in [0.25, 0.3) is 5.91 Å². The Balaban J connectivity index is 2.06. The summed E-state index contributed by atoms with van der Waals surface area (Å²) in [6.45, 7) is 8.38. The predicted molar refractivity (Wildman–Crippen MR) is 95.3 cm³/mol. The van der Waals surface area contributed by atoms with Gasteiger partial charge < -0.3 is 10.1 Å². The van der Waals surface area contributed by atoms with E-state index in [0.717, 1.165) is 17.9 Å². The van der Waals surface area contributed by atoms with Crippen LogP contribution in [0.4, 0.5) is 5.69 Å². The summed E-state index contributed by atoms with van der Waals surface area (Å²) >= 11 is 0. The van der Waals surface area contributed by atoms with Crippen molar-refractivity contribution in [2.75, 3.05) is 5.32 Å². The summed E-state index contributed by atoms with van der Waals surface area (Å²) < 4.78 is 5.78. The number of nitrogens with one attached hydrogen (secondary N) is 1. The molecule has 0 fully saturated rings. The molecular formula is C20H25NO2. The third-order valence-electron chi connectivity index (χ3n) is 3.84. The maximum atomic E-state index is 12.3. The van der Waals surface area contributed by atoms with E-state index >= 15 is 0 Å². The third kappa shape index (κ3) is 4.85. The highest BCUT2D eigenvalue weighted by Gasteiger charge is 2.08. The van der Waals surface area contributed by atoms with Gasteiger partial charge in [-0.15, -0.1) is 0 Å². The van der Waals surface area contributed by atoms with Crippen LogP contribution in [-0.4, -0.2) is 12.0 Å². The number of benzene rings is 2. The van der Waals surface area contributed by atoms with Crippen LogP contribution in [0.2, 0.25) is 0 Å². The second kappa shape index (κ2) is 7.82.